The molecule has 1 N–H and O–H groups in total. The average molecular weight is 242 g/mol. The lowest BCUT2D eigenvalue weighted by atomic mass is 10.1. The van der Waals surface area contributed by atoms with Crippen LogP contribution < -0.4 is 0 Å². The van der Waals surface area contributed by atoms with E-state index in [-0.39, 0.29) is 0 Å². The van der Waals surface area contributed by atoms with Gasteiger partial charge in [-0.15, -0.1) is 0 Å². The van der Waals surface area contributed by atoms with E-state index in [1.807, 2.05) is 18.2 Å². The molecule has 1 aromatic carbocycles. The quantitative estimate of drug-likeness (QED) is 0.860. The van der Waals surface area contributed by atoms with Gasteiger partial charge >= 0.3 is 0 Å². The molecule has 1 saturated heterocycles. The molecule has 0 spiro atoms. The van der Waals surface area contributed by atoms with Crippen LogP contribution in [0.1, 0.15) is 12.0 Å². The smallest absolute Gasteiger partial charge is 0.134 e. The summed E-state index contributed by atoms with van der Waals surface area (Å²) in [5.74, 6) is 0.384. The summed E-state index contributed by atoms with van der Waals surface area (Å²) in [4.78, 5) is 2.32. The van der Waals surface area contributed by atoms with Gasteiger partial charge in [0.25, 0.3) is 0 Å². The van der Waals surface area contributed by atoms with Crippen LogP contribution in [0.15, 0.2) is 22.7 Å². The molecular formula is C10H12BrNO. The monoisotopic (exact) mass is 241 g/mol. The summed E-state index contributed by atoms with van der Waals surface area (Å²) in [6.45, 7) is 3.18. The topological polar surface area (TPSA) is 23.5 Å². The number of phenolic OH excluding ortho intramolecular Hbond substituents is 1. The zero-order valence-electron chi connectivity index (χ0n) is 7.33. The van der Waals surface area contributed by atoms with Gasteiger partial charge < -0.3 is 5.11 Å². The van der Waals surface area contributed by atoms with Crippen LogP contribution in [0.2, 0.25) is 0 Å². The normalized spacial score (nSPS) is 17.0. The molecule has 3 heteroatoms. The molecule has 0 aliphatic carbocycles. The predicted octanol–water partition coefficient (Wildman–Crippen LogP) is 2.36. The molecule has 0 aromatic heterocycles. The van der Waals surface area contributed by atoms with E-state index >= 15 is 0 Å². The van der Waals surface area contributed by atoms with Gasteiger partial charge in [-0.3, -0.25) is 4.90 Å². The van der Waals surface area contributed by atoms with Crippen LogP contribution in [0, 0.1) is 0 Å². The van der Waals surface area contributed by atoms with E-state index in [4.69, 9.17) is 0 Å². The third kappa shape index (κ3) is 1.86. The number of benzene rings is 1. The number of rotatable bonds is 2. The summed E-state index contributed by atoms with van der Waals surface area (Å²) >= 11 is 3.31. The second-order valence-electron chi connectivity index (χ2n) is 3.38. The third-order valence-corrected chi connectivity index (χ3v) is 3.05. The van der Waals surface area contributed by atoms with Crippen molar-refractivity contribution in [3.8, 4) is 5.75 Å². The second kappa shape index (κ2) is 3.68. The minimum absolute atomic E-state index is 0.384. The van der Waals surface area contributed by atoms with E-state index in [9.17, 15) is 5.11 Å². The molecule has 1 aromatic rings. The molecule has 0 bridgehead atoms. The molecular weight excluding hydrogens is 230 g/mol. The van der Waals surface area contributed by atoms with Crippen molar-refractivity contribution in [2.45, 2.75) is 13.0 Å². The highest BCUT2D eigenvalue weighted by atomic mass is 79.9. The van der Waals surface area contributed by atoms with E-state index in [2.05, 4.69) is 20.8 Å². The van der Waals surface area contributed by atoms with Gasteiger partial charge in [-0.05, 0) is 41.5 Å². The van der Waals surface area contributed by atoms with E-state index in [1.54, 1.807) is 0 Å². The van der Waals surface area contributed by atoms with Crippen molar-refractivity contribution in [1.29, 1.82) is 0 Å². The minimum Gasteiger partial charge on any atom is -0.506 e. The fraction of sp³-hybridized carbons (Fsp3) is 0.400. The number of nitrogens with zero attached hydrogens (tertiary/aromatic N) is 1. The van der Waals surface area contributed by atoms with Gasteiger partial charge in [0, 0.05) is 12.1 Å². The summed E-state index contributed by atoms with van der Waals surface area (Å²) in [6.07, 6.45) is 1.29. The van der Waals surface area contributed by atoms with E-state index < -0.39 is 0 Å². The van der Waals surface area contributed by atoms with Crippen LogP contribution >= 0.6 is 15.9 Å². The molecule has 0 radical (unpaired) electrons. The Morgan fingerprint density at radius 3 is 2.77 bits per heavy atom. The Balaban J connectivity index is 2.14. The first-order valence-electron chi connectivity index (χ1n) is 4.46. The zero-order chi connectivity index (χ0) is 9.26. The lowest BCUT2D eigenvalue weighted by Gasteiger charge is -2.30. The maximum absolute atomic E-state index is 9.69. The molecule has 70 valence electrons. The second-order valence-corrected chi connectivity index (χ2v) is 4.23. The van der Waals surface area contributed by atoms with Gasteiger partial charge in [0.15, 0.2) is 0 Å². The summed E-state index contributed by atoms with van der Waals surface area (Å²) in [5.41, 5.74) is 1.01. The molecule has 0 atom stereocenters. The van der Waals surface area contributed by atoms with Crippen molar-refractivity contribution in [1.82, 2.24) is 4.90 Å². The van der Waals surface area contributed by atoms with Gasteiger partial charge in [0.1, 0.15) is 5.75 Å². The van der Waals surface area contributed by atoms with Crippen molar-refractivity contribution in [2.75, 3.05) is 13.1 Å². The number of aromatic hydroxyl groups is 1. The summed E-state index contributed by atoms with van der Waals surface area (Å²) in [6, 6.07) is 5.78. The van der Waals surface area contributed by atoms with Gasteiger partial charge in [-0.25, -0.2) is 0 Å². The molecule has 0 saturated carbocycles. The van der Waals surface area contributed by atoms with Gasteiger partial charge in [0.05, 0.1) is 4.47 Å². The molecule has 13 heavy (non-hydrogen) atoms. The lowest BCUT2D eigenvalue weighted by molar-refractivity contribution is 0.171. The maximum Gasteiger partial charge on any atom is 0.134 e. The Labute approximate surface area is 86.3 Å². The molecule has 1 fully saturated rings. The highest BCUT2D eigenvalue weighted by molar-refractivity contribution is 9.10. The van der Waals surface area contributed by atoms with Crippen LogP contribution in [0.3, 0.4) is 0 Å². The van der Waals surface area contributed by atoms with E-state index in [1.165, 1.54) is 6.42 Å². The number of hydrogen-bond acceptors (Lipinski definition) is 2. The first kappa shape index (κ1) is 9.03. The number of hydrogen-bond donors (Lipinski definition) is 1. The van der Waals surface area contributed by atoms with Crippen LogP contribution in [0.4, 0.5) is 0 Å². The van der Waals surface area contributed by atoms with Crippen molar-refractivity contribution in [3.63, 3.8) is 0 Å². The fourth-order valence-electron chi connectivity index (χ4n) is 1.47. The van der Waals surface area contributed by atoms with Crippen molar-refractivity contribution in [2.24, 2.45) is 0 Å². The van der Waals surface area contributed by atoms with Crippen LogP contribution in [-0.4, -0.2) is 23.1 Å². The number of likely N-dealkylation sites (tertiary alicyclic amines) is 1. The fourth-order valence-corrected chi connectivity index (χ4v) is 1.88. The summed E-state index contributed by atoms with van der Waals surface area (Å²) in [5, 5.41) is 9.69. The Kier molecular flexibility index (Phi) is 2.56. The van der Waals surface area contributed by atoms with Crippen LogP contribution in [-0.2, 0) is 6.54 Å². The molecule has 2 rings (SSSR count). The Morgan fingerprint density at radius 2 is 2.15 bits per heavy atom. The lowest BCUT2D eigenvalue weighted by Crippen LogP contribution is -2.36. The van der Waals surface area contributed by atoms with E-state index in [0.717, 1.165) is 29.7 Å². The van der Waals surface area contributed by atoms with Gasteiger partial charge in [-0.1, -0.05) is 12.1 Å². The first-order valence-corrected chi connectivity index (χ1v) is 5.25. The molecule has 0 amide bonds. The molecule has 1 heterocycles. The highest BCUT2D eigenvalue weighted by Crippen LogP contribution is 2.29. The number of phenols is 1. The predicted molar refractivity (Wildman–Crippen MR) is 55.7 cm³/mol. The van der Waals surface area contributed by atoms with Crippen molar-refractivity contribution >= 4 is 15.9 Å². The minimum atomic E-state index is 0.384. The molecule has 2 nitrogen and oxygen atoms in total. The van der Waals surface area contributed by atoms with Gasteiger partial charge in [-0.2, -0.15) is 0 Å². The number of para-hydroxylation sites is 1. The van der Waals surface area contributed by atoms with Crippen LogP contribution in [0.25, 0.3) is 0 Å². The molecule has 1 aliphatic rings. The van der Waals surface area contributed by atoms with Gasteiger partial charge in [0.2, 0.25) is 0 Å². The van der Waals surface area contributed by atoms with Crippen molar-refractivity contribution in [3.05, 3.63) is 28.2 Å². The Hall–Kier alpha value is -0.540. The van der Waals surface area contributed by atoms with Crippen molar-refractivity contribution < 1.29 is 5.11 Å². The Bertz CT molecular complexity index is 310. The average Bonchev–Trinajstić information content (AvgIpc) is 2.04. The third-order valence-electron chi connectivity index (χ3n) is 2.41. The highest BCUT2D eigenvalue weighted by Gasteiger charge is 2.15. The largest absolute Gasteiger partial charge is 0.506 e. The van der Waals surface area contributed by atoms with Crippen LogP contribution in [0.5, 0.6) is 5.75 Å². The molecule has 0 unspecified atom stereocenters. The maximum atomic E-state index is 9.69. The SMILES string of the molecule is Oc1c(Br)cccc1CN1CCC1. The zero-order valence-corrected chi connectivity index (χ0v) is 8.92. The summed E-state index contributed by atoms with van der Waals surface area (Å²) in [7, 11) is 0. The molecule has 1 aliphatic heterocycles. The number of halogens is 1. The Morgan fingerprint density at radius 1 is 1.38 bits per heavy atom. The first-order chi connectivity index (χ1) is 6.27. The van der Waals surface area contributed by atoms with E-state index in [0.29, 0.717) is 5.75 Å². The standard InChI is InChI=1S/C10H12BrNO/c11-9-4-1-3-8(10(9)13)7-12-5-2-6-12/h1,3-4,13H,2,5-7H2. The summed E-state index contributed by atoms with van der Waals surface area (Å²) < 4.78 is 0.783.